The second-order valence-corrected chi connectivity index (χ2v) is 7.70. The van der Waals surface area contributed by atoms with Gasteiger partial charge in [-0.25, -0.2) is 4.98 Å². The van der Waals surface area contributed by atoms with E-state index in [-0.39, 0.29) is 24.1 Å². The van der Waals surface area contributed by atoms with Crippen LogP contribution in [0.3, 0.4) is 0 Å². The Morgan fingerprint density at radius 1 is 0.879 bits per heavy atom. The number of aromatic nitrogens is 2. The highest BCUT2D eigenvalue weighted by Crippen LogP contribution is 2.26. The molecule has 0 saturated carbocycles. The van der Waals surface area contributed by atoms with Gasteiger partial charge >= 0.3 is 0 Å². The highest BCUT2D eigenvalue weighted by molar-refractivity contribution is 5.95. The van der Waals surface area contributed by atoms with Gasteiger partial charge in [-0.05, 0) is 37.3 Å². The predicted octanol–water partition coefficient (Wildman–Crippen LogP) is 4.36. The van der Waals surface area contributed by atoms with Gasteiger partial charge in [0.15, 0.2) is 0 Å². The van der Waals surface area contributed by atoms with Crippen molar-refractivity contribution in [1.82, 2.24) is 9.55 Å². The van der Waals surface area contributed by atoms with Crippen LogP contribution in [-0.2, 0) is 16.1 Å². The highest BCUT2D eigenvalue weighted by Gasteiger charge is 2.18. The molecule has 0 unspecified atom stereocenters. The molecule has 0 radical (unpaired) electrons. The first kappa shape index (κ1) is 22.0. The third kappa shape index (κ3) is 4.82. The van der Waals surface area contributed by atoms with Crippen LogP contribution in [0, 0.1) is 6.92 Å². The Hall–Kier alpha value is -4.26. The summed E-state index contributed by atoms with van der Waals surface area (Å²) in [6, 6.07) is 21.7. The number of fused-ring (bicyclic) bond motifs is 1. The molecule has 0 aliphatic rings. The molecule has 2 N–H and O–H groups in total. The highest BCUT2D eigenvalue weighted by atomic mass is 16.2. The number of aryl methyl sites for hydroxylation is 1. The van der Waals surface area contributed by atoms with Crippen molar-refractivity contribution < 1.29 is 9.59 Å². The smallest absolute Gasteiger partial charge is 0.278 e. The SMILES string of the molecule is CCC(=O)Nc1ccccc1-c1nc2ccccc2n(CC(=O)Nc2ccc(C)cc2)c1=O. The number of hydrogen-bond acceptors (Lipinski definition) is 4. The van der Waals surface area contributed by atoms with E-state index in [9.17, 15) is 14.4 Å². The van der Waals surface area contributed by atoms with Crippen molar-refractivity contribution in [2.45, 2.75) is 26.8 Å². The minimum atomic E-state index is -0.411. The predicted molar refractivity (Wildman–Crippen MR) is 130 cm³/mol. The van der Waals surface area contributed by atoms with Gasteiger partial charge in [-0.3, -0.25) is 19.0 Å². The molecule has 2 amide bonds. The molecule has 33 heavy (non-hydrogen) atoms. The summed E-state index contributed by atoms with van der Waals surface area (Å²) >= 11 is 0. The van der Waals surface area contributed by atoms with Crippen LogP contribution in [-0.4, -0.2) is 21.4 Å². The number of anilines is 2. The number of benzene rings is 3. The van der Waals surface area contributed by atoms with E-state index in [1.165, 1.54) is 4.57 Å². The number of para-hydroxylation sites is 3. The number of rotatable bonds is 6. The summed E-state index contributed by atoms with van der Waals surface area (Å²) in [5, 5.41) is 5.66. The zero-order chi connectivity index (χ0) is 23.4. The molecule has 3 aromatic carbocycles. The zero-order valence-corrected chi connectivity index (χ0v) is 18.5. The molecular weight excluding hydrogens is 416 g/mol. The van der Waals surface area contributed by atoms with Gasteiger partial charge < -0.3 is 10.6 Å². The Kier molecular flexibility index (Phi) is 6.31. The monoisotopic (exact) mass is 440 g/mol. The van der Waals surface area contributed by atoms with Crippen molar-refractivity contribution in [3.05, 3.63) is 88.7 Å². The number of carbonyl (C=O) groups is 2. The normalized spacial score (nSPS) is 10.7. The Morgan fingerprint density at radius 2 is 1.58 bits per heavy atom. The lowest BCUT2D eigenvalue weighted by atomic mass is 10.1. The lowest BCUT2D eigenvalue weighted by molar-refractivity contribution is -0.117. The van der Waals surface area contributed by atoms with Crippen molar-refractivity contribution in [3.63, 3.8) is 0 Å². The van der Waals surface area contributed by atoms with Crippen molar-refractivity contribution >= 4 is 34.2 Å². The van der Waals surface area contributed by atoms with Crippen LogP contribution < -0.4 is 16.2 Å². The fourth-order valence-electron chi connectivity index (χ4n) is 3.54. The molecule has 1 heterocycles. The van der Waals surface area contributed by atoms with Crippen molar-refractivity contribution in [1.29, 1.82) is 0 Å². The third-order valence-corrected chi connectivity index (χ3v) is 5.27. The molecular formula is C26H24N4O3. The van der Waals surface area contributed by atoms with Gasteiger partial charge in [0.1, 0.15) is 12.2 Å². The average Bonchev–Trinajstić information content (AvgIpc) is 2.82. The fourth-order valence-corrected chi connectivity index (χ4v) is 3.54. The number of amides is 2. The van der Waals surface area contributed by atoms with Gasteiger partial charge in [-0.15, -0.1) is 0 Å². The van der Waals surface area contributed by atoms with E-state index in [1.54, 1.807) is 49.4 Å². The zero-order valence-electron chi connectivity index (χ0n) is 18.5. The molecule has 7 heteroatoms. The first-order chi connectivity index (χ1) is 16.0. The minimum Gasteiger partial charge on any atom is -0.325 e. The van der Waals surface area contributed by atoms with Crippen LogP contribution in [0.15, 0.2) is 77.6 Å². The number of carbonyl (C=O) groups excluding carboxylic acids is 2. The standard InChI is InChI=1S/C26H24N4O3/c1-3-23(31)28-20-9-5-4-8-19(20)25-26(33)30(22-11-7-6-10-21(22)29-25)16-24(32)27-18-14-12-17(2)13-15-18/h4-15H,3,16H2,1-2H3,(H,27,32)(H,28,31). The third-order valence-electron chi connectivity index (χ3n) is 5.27. The van der Waals surface area contributed by atoms with E-state index < -0.39 is 5.56 Å². The largest absolute Gasteiger partial charge is 0.325 e. The lowest BCUT2D eigenvalue weighted by Crippen LogP contribution is -2.30. The molecule has 0 fully saturated rings. The van der Waals surface area contributed by atoms with E-state index in [2.05, 4.69) is 15.6 Å². The van der Waals surface area contributed by atoms with Gasteiger partial charge in [0.25, 0.3) is 5.56 Å². The topological polar surface area (TPSA) is 93.1 Å². The number of nitrogens with zero attached hydrogens (tertiary/aromatic N) is 2. The molecule has 166 valence electrons. The maximum atomic E-state index is 13.5. The number of nitrogens with one attached hydrogen (secondary N) is 2. The molecule has 7 nitrogen and oxygen atoms in total. The Labute approximate surface area is 191 Å². The Balaban J connectivity index is 1.78. The van der Waals surface area contributed by atoms with Crippen molar-refractivity contribution in [2.24, 2.45) is 0 Å². The Morgan fingerprint density at radius 3 is 2.33 bits per heavy atom. The van der Waals surface area contributed by atoms with Crippen molar-refractivity contribution in [3.8, 4) is 11.3 Å². The summed E-state index contributed by atoms with van der Waals surface area (Å²) in [4.78, 5) is 42.9. The second-order valence-electron chi connectivity index (χ2n) is 7.70. The van der Waals surface area contributed by atoms with E-state index in [0.717, 1.165) is 5.56 Å². The van der Waals surface area contributed by atoms with Gasteiger partial charge in [-0.1, -0.05) is 55.0 Å². The quantitative estimate of drug-likeness (QED) is 0.466. The maximum absolute atomic E-state index is 13.5. The van der Waals surface area contributed by atoms with Crippen LogP contribution in [0.5, 0.6) is 0 Å². The van der Waals surface area contributed by atoms with E-state index in [1.807, 2.05) is 37.3 Å². The average molecular weight is 441 g/mol. The maximum Gasteiger partial charge on any atom is 0.278 e. The number of hydrogen-bond donors (Lipinski definition) is 2. The second kappa shape index (κ2) is 9.48. The molecule has 0 aliphatic carbocycles. The van der Waals surface area contributed by atoms with E-state index in [4.69, 9.17) is 0 Å². The summed E-state index contributed by atoms with van der Waals surface area (Å²) in [5.41, 5.74) is 3.64. The van der Waals surface area contributed by atoms with Crippen molar-refractivity contribution in [2.75, 3.05) is 10.6 Å². The minimum absolute atomic E-state index is 0.166. The van der Waals surface area contributed by atoms with Gasteiger partial charge in [-0.2, -0.15) is 0 Å². The molecule has 0 spiro atoms. The van der Waals surface area contributed by atoms with Gasteiger partial charge in [0.05, 0.1) is 16.7 Å². The molecule has 1 aromatic heterocycles. The van der Waals surface area contributed by atoms with E-state index >= 15 is 0 Å². The van der Waals surface area contributed by atoms with Gasteiger partial charge in [0, 0.05) is 17.7 Å². The fraction of sp³-hybridized carbons (Fsp3) is 0.154. The van der Waals surface area contributed by atoms with Crippen LogP contribution in [0.25, 0.3) is 22.3 Å². The molecule has 0 atom stereocenters. The molecule has 0 aliphatic heterocycles. The summed E-state index contributed by atoms with van der Waals surface area (Å²) in [6.07, 6.45) is 0.308. The Bertz CT molecular complexity index is 1390. The first-order valence-electron chi connectivity index (χ1n) is 10.7. The molecule has 4 aromatic rings. The molecule has 0 saturated heterocycles. The molecule has 4 rings (SSSR count). The first-order valence-corrected chi connectivity index (χ1v) is 10.7. The summed E-state index contributed by atoms with van der Waals surface area (Å²) in [5.74, 6) is -0.489. The summed E-state index contributed by atoms with van der Waals surface area (Å²) in [7, 11) is 0. The summed E-state index contributed by atoms with van der Waals surface area (Å²) in [6.45, 7) is 3.55. The molecule has 0 bridgehead atoms. The van der Waals surface area contributed by atoms with Gasteiger partial charge in [0.2, 0.25) is 11.8 Å². The summed E-state index contributed by atoms with van der Waals surface area (Å²) < 4.78 is 1.42. The van der Waals surface area contributed by atoms with Crippen LogP contribution >= 0.6 is 0 Å². The van der Waals surface area contributed by atoms with Crippen LogP contribution in [0.1, 0.15) is 18.9 Å². The van der Waals surface area contributed by atoms with Crippen LogP contribution in [0.4, 0.5) is 11.4 Å². The van der Waals surface area contributed by atoms with E-state index in [0.29, 0.717) is 34.4 Å². The van der Waals surface area contributed by atoms with Crippen LogP contribution in [0.2, 0.25) is 0 Å². The lowest BCUT2D eigenvalue weighted by Gasteiger charge is -2.15.